The predicted molar refractivity (Wildman–Crippen MR) is 105 cm³/mol. The highest BCUT2D eigenvalue weighted by atomic mass is 15.0. The molecular formula is C20H24N6. The van der Waals surface area contributed by atoms with Gasteiger partial charge in [0, 0.05) is 47.5 Å². The standard InChI is InChI=1S/C13H10N6.C7H14/c14-13-17-6-10-9(5-16-12(10)18-13)8-1-2-11-15-3-4-19(11)7-8;1-7-5-3-2-4-6-7/h1-7H,(H3,14,16,17,18);7H,2-6H2,1H3. The first kappa shape index (κ1) is 16.6. The Morgan fingerprint density at radius 3 is 2.77 bits per heavy atom. The van der Waals surface area contributed by atoms with Crippen molar-refractivity contribution in [2.24, 2.45) is 5.92 Å². The van der Waals surface area contributed by atoms with Gasteiger partial charge < -0.3 is 15.1 Å². The molecule has 6 nitrogen and oxygen atoms in total. The van der Waals surface area contributed by atoms with Gasteiger partial charge in [-0.3, -0.25) is 0 Å². The molecule has 3 N–H and O–H groups in total. The van der Waals surface area contributed by atoms with E-state index in [4.69, 9.17) is 5.73 Å². The summed E-state index contributed by atoms with van der Waals surface area (Å²) in [5.41, 5.74) is 9.36. The molecule has 1 aliphatic rings. The topological polar surface area (TPSA) is 84.9 Å². The summed E-state index contributed by atoms with van der Waals surface area (Å²) in [5.74, 6) is 1.31. The van der Waals surface area contributed by atoms with Crippen LogP contribution in [0.25, 0.3) is 27.8 Å². The predicted octanol–water partition coefficient (Wildman–Crippen LogP) is 4.44. The van der Waals surface area contributed by atoms with E-state index in [0.29, 0.717) is 0 Å². The van der Waals surface area contributed by atoms with Crippen LogP contribution in [0.5, 0.6) is 0 Å². The Morgan fingerprint density at radius 1 is 1.15 bits per heavy atom. The number of aromatic amines is 1. The van der Waals surface area contributed by atoms with Crippen LogP contribution in [0.1, 0.15) is 39.0 Å². The minimum atomic E-state index is 0.269. The minimum absolute atomic E-state index is 0.269. The maximum atomic E-state index is 5.58. The Bertz CT molecular complexity index is 1010. The molecule has 0 amide bonds. The van der Waals surface area contributed by atoms with E-state index in [9.17, 15) is 0 Å². The summed E-state index contributed by atoms with van der Waals surface area (Å²) in [6.45, 7) is 2.36. The number of nitrogens with two attached hydrogens (primary N) is 1. The van der Waals surface area contributed by atoms with Gasteiger partial charge in [0.15, 0.2) is 0 Å². The number of fused-ring (bicyclic) bond motifs is 2. The lowest BCUT2D eigenvalue weighted by molar-refractivity contribution is 0.385. The Labute approximate surface area is 152 Å². The highest BCUT2D eigenvalue weighted by molar-refractivity contribution is 5.93. The van der Waals surface area contributed by atoms with Gasteiger partial charge in [-0.05, 0) is 18.1 Å². The Balaban J connectivity index is 0.000000204. The molecule has 5 rings (SSSR count). The summed E-state index contributed by atoms with van der Waals surface area (Å²) in [6.07, 6.45) is 16.8. The Morgan fingerprint density at radius 2 is 2.00 bits per heavy atom. The molecule has 4 heterocycles. The zero-order valence-electron chi connectivity index (χ0n) is 15.0. The van der Waals surface area contributed by atoms with Gasteiger partial charge in [-0.2, -0.15) is 4.98 Å². The van der Waals surface area contributed by atoms with Gasteiger partial charge in [-0.1, -0.05) is 39.0 Å². The van der Waals surface area contributed by atoms with Crippen molar-refractivity contribution in [1.29, 1.82) is 0 Å². The average Bonchev–Trinajstić information content (AvgIpc) is 3.28. The lowest BCUT2D eigenvalue weighted by Crippen LogP contribution is -1.99. The van der Waals surface area contributed by atoms with Crippen LogP contribution in [0, 0.1) is 5.92 Å². The maximum Gasteiger partial charge on any atom is 0.221 e. The summed E-state index contributed by atoms with van der Waals surface area (Å²) in [5, 5.41) is 0.952. The second kappa shape index (κ2) is 7.15. The molecule has 0 aromatic carbocycles. The van der Waals surface area contributed by atoms with Crippen molar-refractivity contribution in [2.45, 2.75) is 39.0 Å². The third-order valence-electron chi connectivity index (χ3n) is 5.04. The molecule has 0 bridgehead atoms. The van der Waals surface area contributed by atoms with Crippen LogP contribution in [-0.2, 0) is 0 Å². The first-order chi connectivity index (χ1) is 12.7. The fraction of sp³-hybridized carbons (Fsp3) is 0.350. The van der Waals surface area contributed by atoms with Crippen molar-refractivity contribution >= 4 is 22.6 Å². The lowest BCUT2D eigenvalue weighted by atomic mass is 9.91. The number of rotatable bonds is 1. The summed E-state index contributed by atoms with van der Waals surface area (Å²) in [4.78, 5) is 15.6. The van der Waals surface area contributed by atoms with Crippen LogP contribution in [0.4, 0.5) is 5.95 Å². The Hall–Kier alpha value is -2.89. The Kier molecular flexibility index (Phi) is 4.56. The van der Waals surface area contributed by atoms with E-state index in [2.05, 4.69) is 26.9 Å². The highest BCUT2D eigenvalue weighted by Crippen LogP contribution is 2.27. The molecule has 0 saturated heterocycles. The first-order valence-corrected chi connectivity index (χ1v) is 9.23. The van der Waals surface area contributed by atoms with Gasteiger partial charge in [0.2, 0.25) is 5.95 Å². The molecule has 0 atom stereocenters. The highest BCUT2D eigenvalue weighted by Gasteiger charge is 2.09. The number of H-pyrrole nitrogens is 1. The van der Waals surface area contributed by atoms with Crippen LogP contribution < -0.4 is 5.73 Å². The molecule has 0 radical (unpaired) electrons. The molecule has 4 aromatic rings. The molecule has 6 heteroatoms. The fourth-order valence-electron chi connectivity index (χ4n) is 3.55. The number of anilines is 1. The van der Waals surface area contributed by atoms with Crippen molar-refractivity contribution in [3.63, 3.8) is 0 Å². The third-order valence-corrected chi connectivity index (χ3v) is 5.04. The average molecular weight is 348 g/mol. The van der Waals surface area contributed by atoms with Crippen LogP contribution in [0.3, 0.4) is 0 Å². The quantitative estimate of drug-likeness (QED) is 0.532. The smallest absolute Gasteiger partial charge is 0.221 e. The maximum absolute atomic E-state index is 5.58. The van der Waals surface area contributed by atoms with Crippen LogP contribution in [0.2, 0.25) is 0 Å². The summed E-state index contributed by atoms with van der Waals surface area (Å²) >= 11 is 0. The number of aromatic nitrogens is 5. The largest absolute Gasteiger partial charge is 0.368 e. The normalized spacial score (nSPS) is 15.1. The molecule has 0 unspecified atom stereocenters. The first-order valence-electron chi connectivity index (χ1n) is 9.23. The second-order valence-corrected chi connectivity index (χ2v) is 7.05. The van der Waals surface area contributed by atoms with Gasteiger partial charge in [-0.25, -0.2) is 9.97 Å². The van der Waals surface area contributed by atoms with Crippen molar-refractivity contribution in [3.8, 4) is 11.1 Å². The zero-order valence-corrected chi connectivity index (χ0v) is 15.0. The number of nitrogens with one attached hydrogen (secondary N) is 1. The monoisotopic (exact) mass is 348 g/mol. The van der Waals surface area contributed by atoms with Gasteiger partial charge in [0.05, 0.1) is 0 Å². The SMILES string of the molecule is CC1CCCCC1.Nc1ncc2c(-c3ccc4nccn4c3)c[nH]c2n1. The van der Waals surface area contributed by atoms with Crippen LogP contribution in [0.15, 0.2) is 43.1 Å². The zero-order chi connectivity index (χ0) is 17.9. The molecular weight excluding hydrogens is 324 g/mol. The second-order valence-electron chi connectivity index (χ2n) is 7.05. The number of pyridine rings is 1. The van der Waals surface area contributed by atoms with Crippen molar-refractivity contribution in [2.75, 3.05) is 5.73 Å². The van der Waals surface area contributed by atoms with Crippen molar-refractivity contribution < 1.29 is 0 Å². The molecule has 1 saturated carbocycles. The molecule has 1 fully saturated rings. The van der Waals surface area contributed by atoms with E-state index in [-0.39, 0.29) is 5.95 Å². The number of hydrogen-bond acceptors (Lipinski definition) is 4. The minimum Gasteiger partial charge on any atom is -0.368 e. The third kappa shape index (κ3) is 3.40. The van der Waals surface area contributed by atoms with E-state index in [1.807, 2.05) is 35.1 Å². The van der Waals surface area contributed by atoms with E-state index in [0.717, 1.165) is 33.7 Å². The molecule has 4 aromatic heterocycles. The van der Waals surface area contributed by atoms with Crippen molar-refractivity contribution in [1.82, 2.24) is 24.3 Å². The van der Waals surface area contributed by atoms with Crippen LogP contribution >= 0.6 is 0 Å². The summed E-state index contributed by atoms with van der Waals surface area (Å²) < 4.78 is 1.98. The number of hydrogen-bond donors (Lipinski definition) is 2. The molecule has 0 spiro atoms. The number of nitrogens with zero attached hydrogens (tertiary/aromatic N) is 4. The lowest BCUT2D eigenvalue weighted by Gasteiger charge is -2.15. The number of imidazole rings is 1. The van der Waals surface area contributed by atoms with E-state index in [1.165, 1.54) is 32.1 Å². The fourth-order valence-corrected chi connectivity index (χ4v) is 3.55. The van der Waals surface area contributed by atoms with Crippen LogP contribution in [-0.4, -0.2) is 24.3 Å². The molecule has 26 heavy (non-hydrogen) atoms. The van der Waals surface area contributed by atoms with E-state index in [1.54, 1.807) is 12.4 Å². The summed E-state index contributed by atoms with van der Waals surface area (Å²) in [6, 6.07) is 4.01. The van der Waals surface area contributed by atoms with E-state index < -0.39 is 0 Å². The van der Waals surface area contributed by atoms with Gasteiger partial charge >= 0.3 is 0 Å². The number of nitrogen functional groups attached to an aromatic ring is 1. The van der Waals surface area contributed by atoms with E-state index >= 15 is 0 Å². The summed E-state index contributed by atoms with van der Waals surface area (Å²) in [7, 11) is 0. The molecule has 134 valence electrons. The van der Waals surface area contributed by atoms with Gasteiger partial charge in [0.1, 0.15) is 11.3 Å². The van der Waals surface area contributed by atoms with Gasteiger partial charge in [0.25, 0.3) is 0 Å². The molecule has 0 aliphatic heterocycles. The van der Waals surface area contributed by atoms with Crippen molar-refractivity contribution in [3.05, 3.63) is 43.1 Å². The van der Waals surface area contributed by atoms with Gasteiger partial charge in [-0.15, -0.1) is 0 Å². The molecule has 1 aliphatic carbocycles.